The molecule has 0 heterocycles. The van der Waals surface area contributed by atoms with E-state index in [1.807, 2.05) is 0 Å². The standard InChI is InChI=1S/C13H19BrClNO/c1-3-9-5-11(14)6-10(4-2)13(9)16-8-12(17)7-15/h5-6,12,16-17H,3-4,7-8H2,1-2H3. The van der Waals surface area contributed by atoms with Crippen LogP contribution in [0.2, 0.25) is 0 Å². The van der Waals surface area contributed by atoms with E-state index in [9.17, 15) is 5.11 Å². The molecule has 2 nitrogen and oxygen atoms in total. The summed E-state index contributed by atoms with van der Waals surface area (Å²) in [5, 5.41) is 12.8. The fraction of sp³-hybridized carbons (Fsp3) is 0.538. The van der Waals surface area contributed by atoms with Crippen molar-refractivity contribution in [2.75, 3.05) is 17.7 Å². The third kappa shape index (κ3) is 4.16. The molecule has 0 saturated carbocycles. The fourth-order valence-corrected chi connectivity index (χ4v) is 2.45. The van der Waals surface area contributed by atoms with Gasteiger partial charge in [0, 0.05) is 16.7 Å². The van der Waals surface area contributed by atoms with E-state index in [0.717, 1.165) is 23.0 Å². The largest absolute Gasteiger partial charge is 0.390 e. The number of aliphatic hydroxyl groups excluding tert-OH is 1. The van der Waals surface area contributed by atoms with Crippen LogP contribution in [-0.2, 0) is 12.8 Å². The van der Waals surface area contributed by atoms with Gasteiger partial charge >= 0.3 is 0 Å². The summed E-state index contributed by atoms with van der Waals surface area (Å²) in [6.07, 6.45) is 1.42. The van der Waals surface area contributed by atoms with Crippen LogP contribution < -0.4 is 5.32 Å². The molecule has 17 heavy (non-hydrogen) atoms. The Labute approximate surface area is 117 Å². The number of aliphatic hydroxyl groups is 1. The van der Waals surface area contributed by atoms with Gasteiger partial charge in [-0.15, -0.1) is 11.6 Å². The number of nitrogens with one attached hydrogen (secondary N) is 1. The first-order valence-corrected chi connectivity index (χ1v) is 7.24. The quantitative estimate of drug-likeness (QED) is 0.785. The first-order chi connectivity index (χ1) is 8.12. The molecule has 1 aromatic carbocycles. The summed E-state index contributed by atoms with van der Waals surface area (Å²) in [6.45, 7) is 4.75. The van der Waals surface area contributed by atoms with Crippen molar-refractivity contribution in [1.29, 1.82) is 0 Å². The highest BCUT2D eigenvalue weighted by Gasteiger charge is 2.09. The molecule has 1 rings (SSSR count). The van der Waals surface area contributed by atoms with E-state index in [4.69, 9.17) is 11.6 Å². The lowest BCUT2D eigenvalue weighted by atomic mass is 10.0. The maximum atomic E-state index is 9.50. The molecule has 0 fully saturated rings. The van der Waals surface area contributed by atoms with Crippen molar-refractivity contribution >= 4 is 33.2 Å². The van der Waals surface area contributed by atoms with Crippen LogP contribution in [0.4, 0.5) is 5.69 Å². The Hall–Kier alpha value is -0.250. The van der Waals surface area contributed by atoms with Crippen molar-refractivity contribution < 1.29 is 5.11 Å². The molecule has 96 valence electrons. The van der Waals surface area contributed by atoms with Gasteiger partial charge in [-0.05, 0) is 36.1 Å². The third-order valence-electron chi connectivity index (χ3n) is 2.72. The zero-order valence-electron chi connectivity index (χ0n) is 10.3. The summed E-state index contributed by atoms with van der Waals surface area (Å²) in [4.78, 5) is 0. The highest BCUT2D eigenvalue weighted by Crippen LogP contribution is 2.27. The second-order valence-electron chi connectivity index (χ2n) is 4.00. The molecule has 0 spiro atoms. The maximum Gasteiger partial charge on any atom is 0.0847 e. The van der Waals surface area contributed by atoms with E-state index in [-0.39, 0.29) is 5.88 Å². The molecule has 1 unspecified atom stereocenters. The van der Waals surface area contributed by atoms with E-state index in [0.29, 0.717) is 6.54 Å². The molecule has 0 radical (unpaired) electrons. The molecule has 0 aromatic heterocycles. The predicted molar refractivity (Wildman–Crippen MR) is 78.1 cm³/mol. The SMILES string of the molecule is CCc1cc(Br)cc(CC)c1NCC(O)CCl. The minimum absolute atomic E-state index is 0.256. The molecule has 0 bridgehead atoms. The Morgan fingerprint density at radius 1 is 1.29 bits per heavy atom. The second kappa shape index (κ2) is 7.24. The summed E-state index contributed by atoms with van der Waals surface area (Å²) in [6, 6.07) is 4.24. The smallest absolute Gasteiger partial charge is 0.0847 e. The molecule has 0 aliphatic carbocycles. The normalized spacial score (nSPS) is 12.5. The average Bonchev–Trinajstić information content (AvgIpc) is 2.35. The topological polar surface area (TPSA) is 32.3 Å². The van der Waals surface area contributed by atoms with Crippen LogP contribution in [-0.4, -0.2) is 23.6 Å². The molecule has 0 saturated heterocycles. The summed E-state index contributed by atoms with van der Waals surface area (Å²) in [5.41, 5.74) is 3.67. The van der Waals surface area contributed by atoms with E-state index < -0.39 is 6.10 Å². The summed E-state index contributed by atoms with van der Waals surface area (Å²) in [5.74, 6) is 0.256. The predicted octanol–water partition coefficient (Wildman–Crippen LogP) is 3.59. The van der Waals surface area contributed by atoms with Crippen molar-refractivity contribution in [2.45, 2.75) is 32.8 Å². The summed E-state index contributed by atoms with van der Waals surface area (Å²) >= 11 is 9.12. The van der Waals surface area contributed by atoms with Crippen molar-refractivity contribution in [3.8, 4) is 0 Å². The van der Waals surface area contributed by atoms with Gasteiger partial charge in [-0.25, -0.2) is 0 Å². The Morgan fingerprint density at radius 3 is 2.24 bits per heavy atom. The zero-order chi connectivity index (χ0) is 12.8. The van der Waals surface area contributed by atoms with Crippen LogP contribution in [0.5, 0.6) is 0 Å². The monoisotopic (exact) mass is 319 g/mol. The van der Waals surface area contributed by atoms with Crippen molar-refractivity contribution in [3.05, 3.63) is 27.7 Å². The Morgan fingerprint density at radius 2 is 1.82 bits per heavy atom. The van der Waals surface area contributed by atoms with Gasteiger partial charge in [0.05, 0.1) is 12.0 Å². The van der Waals surface area contributed by atoms with Gasteiger partial charge in [-0.2, -0.15) is 0 Å². The minimum atomic E-state index is -0.505. The number of halogens is 2. The van der Waals surface area contributed by atoms with Gasteiger partial charge in [-0.3, -0.25) is 0 Å². The lowest BCUT2D eigenvalue weighted by Crippen LogP contribution is -2.22. The average molecular weight is 321 g/mol. The maximum absolute atomic E-state index is 9.50. The molecule has 0 amide bonds. The molecule has 0 aliphatic heterocycles. The lowest BCUT2D eigenvalue weighted by Gasteiger charge is -2.17. The van der Waals surface area contributed by atoms with Crippen LogP contribution >= 0.6 is 27.5 Å². The third-order valence-corrected chi connectivity index (χ3v) is 3.53. The molecule has 4 heteroatoms. The molecule has 1 atom stereocenters. The Bertz CT molecular complexity index is 345. The van der Waals surface area contributed by atoms with Crippen LogP contribution in [0, 0.1) is 0 Å². The Balaban J connectivity index is 2.94. The van der Waals surface area contributed by atoms with Crippen LogP contribution in [0.1, 0.15) is 25.0 Å². The number of aryl methyl sites for hydroxylation is 2. The minimum Gasteiger partial charge on any atom is -0.390 e. The molecule has 2 N–H and O–H groups in total. The van der Waals surface area contributed by atoms with Gasteiger partial charge < -0.3 is 10.4 Å². The van der Waals surface area contributed by atoms with E-state index in [1.165, 1.54) is 11.1 Å². The van der Waals surface area contributed by atoms with E-state index >= 15 is 0 Å². The highest BCUT2D eigenvalue weighted by molar-refractivity contribution is 9.10. The van der Waals surface area contributed by atoms with Crippen LogP contribution in [0.15, 0.2) is 16.6 Å². The lowest BCUT2D eigenvalue weighted by molar-refractivity contribution is 0.211. The van der Waals surface area contributed by atoms with Gasteiger partial charge in [0.2, 0.25) is 0 Å². The van der Waals surface area contributed by atoms with Crippen LogP contribution in [0.3, 0.4) is 0 Å². The first kappa shape index (κ1) is 14.8. The van der Waals surface area contributed by atoms with Gasteiger partial charge in [0.25, 0.3) is 0 Å². The van der Waals surface area contributed by atoms with Gasteiger partial charge in [-0.1, -0.05) is 29.8 Å². The molecule has 0 aliphatic rings. The number of anilines is 1. The van der Waals surface area contributed by atoms with Gasteiger partial charge in [0.15, 0.2) is 0 Å². The van der Waals surface area contributed by atoms with Gasteiger partial charge in [0.1, 0.15) is 0 Å². The van der Waals surface area contributed by atoms with E-state index in [1.54, 1.807) is 0 Å². The number of benzene rings is 1. The Kier molecular flexibility index (Phi) is 6.31. The zero-order valence-corrected chi connectivity index (χ0v) is 12.6. The highest BCUT2D eigenvalue weighted by atomic mass is 79.9. The molecule has 1 aromatic rings. The van der Waals surface area contributed by atoms with Crippen molar-refractivity contribution in [3.63, 3.8) is 0 Å². The van der Waals surface area contributed by atoms with E-state index in [2.05, 4.69) is 47.2 Å². The summed E-state index contributed by atoms with van der Waals surface area (Å²) < 4.78 is 1.11. The van der Waals surface area contributed by atoms with Crippen molar-refractivity contribution in [1.82, 2.24) is 0 Å². The fourth-order valence-electron chi connectivity index (χ4n) is 1.78. The molecular weight excluding hydrogens is 302 g/mol. The van der Waals surface area contributed by atoms with Crippen molar-refractivity contribution in [2.24, 2.45) is 0 Å². The number of alkyl halides is 1. The van der Waals surface area contributed by atoms with Crippen LogP contribution in [0.25, 0.3) is 0 Å². The number of rotatable bonds is 6. The summed E-state index contributed by atoms with van der Waals surface area (Å²) in [7, 11) is 0. The first-order valence-electron chi connectivity index (χ1n) is 5.91. The number of hydrogen-bond acceptors (Lipinski definition) is 2. The molecular formula is C13H19BrClNO. The number of hydrogen-bond donors (Lipinski definition) is 2. The second-order valence-corrected chi connectivity index (χ2v) is 5.22.